The van der Waals surface area contributed by atoms with Crippen molar-refractivity contribution in [1.82, 2.24) is 0 Å². The monoisotopic (exact) mass is 205 g/mol. The zero-order valence-electron chi connectivity index (χ0n) is 9.44. The van der Waals surface area contributed by atoms with Gasteiger partial charge in [0.2, 0.25) is 0 Å². The molecule has 0 aliphatic heterocycles. The van der Waals surface area contributed by atoms with E-state index < -0.39 is 0 Å². The lowest BCUT2D eigenvalue weighted by molar-refractivity contribution is 0.0995. The fourth-order valence-electron chi connectivity index (χ4n) is 1.95. The normalized spacial score (nSPS) is 25.1. The zero-order chi connectivity index (χ0) is 10.8. The van der Waals surface area contributed by atoms with Gasteiger partial charge in [0, 0.05) is 6.04 Å². The van der Waals surface area contributed by atoms with Gasteiger partial charge in [-0.3, -0.25) is 0 Å². The maximum absolute atomic E-state index is 5.93. The lowest BCUT2D eigenvalue weighted by Gasteiger charge is -2.33. The van der Waals surface area contributed by atoms with Crippen molar-refractivity contribution in [3.63, 3.8) is 0 Å². The molecule has 0 aromatic heterocycles. The third kappa shape index (κ3) is 2.32. The number of para-hydroxylation sites is 1. The summed E-state index contributed by atoms with van der Waals surface area (Å²) in [6.45, 7) is 4.38. The number of hydrogen-bond acceptors (Lipinski definition) is 2. The highest BCUT2D eigenvalue weighted by molar-refractivity contribution is 5.35. The Labute approximate surface area is 91.4 Å². The second-order valence-corrected chi connectivity index (χ2v) is 4.66. The number of rotatable bonds is 3. The van der Waals surface area contributed by atoms with Gasteiger partial charge in [0.15, 0.2) is 0 Å². The van der Waals surface area contributed by atoms with E-state index in [1.54, 1.807) is 0 Å². The van der Waals surface area contributed by atoms with E-state index in [2.05, 4.69) is 32.0 Å². The molecule has 2 N–H and O–H groups in total. The van der Waals surface area contributed by atoms with Crippen LogP contribution in [0.5, 0.6) is 5.75 Å². The van der Waals surface area contributed by atoms with E-state index in [0.717, 1.165) is 18.6 Å². The van der Waals surface area contributed by atoms with Crippen LogP contribution in [0.2, 0.25) is 0 Å². The van der Waals surface area contributed by atoms with Crippen LogP contribution >= 0.6 is 0 Å². The molecule has 2 rings (SSSR count). The van der Waals surface area contributed by atoms with Crippen LogP contribution in [-0.4, -0.2) is 12.1 Å². The van der Waals surface area contributed by atoms with Crippen molar-refractivity contribution < 1.29 is 4.74 Å². The molecule has 0 saturated heterocycles. The molecule has 0 radical (unpaired) electrons. The molecular weight excluding hydrogens is 186 g/mol. The summed E-state index contributed by atoms with van der Waals surface area (Å²) in [5.41, 5.74) is 7.03. The molecular formula is C13H19NO. The van der Waals surface area contributed by atoms with Crippen LogP contribution in [0, 0.1) is 0 Å². The highest BCUT2D eigenvalue weighted by Gasteiger charge is 2.28. The Morgan fingerprint density at radius 3 is 2.53 bits per heavy atom. The summed E-state index contributed by atoms with van der Waals surface area (Å²) in [5.74, 6) is 1.54. The van der Waals surface area contributed by atoms with Crippen molar-refractivity contribution in [2.75, 3.05) is 0 Å². The molecule has 1 fully saturated rings. The first-order valence-corrected chi connectivity index (χ1v) is 5.68. The minimum absolute atomic E-state index is 0.333. The molecule has 0 unspecified atom stereocenters. The van der Waals surface area contributed by atoms with Crippen molar-refractivity contribution >= 4 is 0 Å². The molecule has 1 aliphatic carbocycles. The van der Waals surface area contributed by atoms with Crippen molar-refractivity contribution in [2.45, 2.75) is 44.8 Å². The van der Waals surface area contributed by atoms with Crippen molar-refractivity contribution in [3.8, 4) is 5.75 Å². The molecule has 2 nitrogen and oxygen atoms in total. The Bertz CT molecular complexity index is 329. The Kier molecular flexibility index (Phi) is 2.96. The zero-order valence-corrected chi connectivity index (χ0v) is 9.44. The molecule has 0 atom stereocenters. The Morgan fingerprint density at radius 2 is 1.93 bits per heavy atom. The number of hydrogen-bond donors (Lipinski definition) is 1. The van der Waals surface area contributed by atoms with E-state index >= 15 is 0 Å². The molecule has 0 heterocycles. The molecule has 1 aliphatic rings. The van der Waals surface area contributed by atoms with Crippen LogP contribution in [0.25, 0.3) is 0 Å². The first kappa shape index (κ1) is 10.5. The maximum Gasteiger partial charge on any atom is 0.123 e. The van der Waals surface area contributed by atoms with Gasteiger partial charge in [0.05, 0.1) is 0 Å². The number of nitrogens with two attached hydrogens (primary N) is 1. The highest BCUT2D eigenvalue weighted by Crippen LogP contribution is 2.30. The predicted octanol–water partition coefficient (Wildman–Crippen LogP) is 2.68. The summed E-state index contributed by atoms with van der Waals surface area (Å²) in [6.07, 6.45) is 2.32. The van der Waals surface area contributed by atoms with Crippen molar-refractivity contribution in [2.24, 2.45) is 5.73 Å². The summed E-state index contributed by atoms with van der Waals surface area (Å²) in [5, 5.41) is 0. The molecule has 1 aromatic carbocycles. The van der Waals surface area contributed by atoms with Gasteiger partial charge >= 0.3 is 0 Å². The van der Waals surface area contributed by atoms with Crippen LogP contribution in [-0.2, 0) is 0 Å². The largest absolute Gasteiger partial charge is 0.490 e. The predicted molar refractivity (Wildman–Crippen MR) is 62.2 cm³/mol. The second-order valence-electron chi connectivity index (χ2n) is 4.66. The van der Waals surface area contributed by atoms with E-state index in [9.17, 15) is 0 Å². The Hall–Kier alpha value is -1.02. The molecule has 0 amide bonds. The van der Waals surface area contributed by atoms with Crippen LogP contribution in [0.3, 0.4) is 0 Å². The quantitative estimate of drug-likeness (QED) is 0.823. The maximum atomic E-state index is 5.93. The first-order valence-electron chi connectivity index (χ1n) is 5.68. The summed E-state index contributed by atoms with van der Waals surface area (Å²) in [6, 6.07) is 8.63. The fourth-order valence-corrected chi connectivity index (χ4v) is 1.95. The lowest BCUT2D eigenvalue weighted by Crippen LogP contribution is -2.43. The molecule has 82 valence electrons. The van der Waals surface area contributed by atoms with Gasteiger partial charge < -0.3 is 10.5 Å². The molecule has 0 bridgehead atoms. The molecule has 2 heteroatoms. The smallest absolute Gasteiger partial charge is 0.123 e. The van der Waals surface area contributed by atoms with E-state index in [-0.39, 0.29) is 0 Å². The van der Waals surface area contributed by atoms with Crippen molar-refractivity contribution in [3.05, 3.63) is 29.8 Å². The Morgan fingerprint density at radius 1 is 1.27 bits per heavy atom. The van der Waals surface area contributed by atoms with Gasteiger partial charge in [-0.25, -0.2) is 0 Å². The van der Waals surface area contributed by atoms with E-state index in [4.69, 9.17) is 10.5 Å². The SMILES string of the molecule is CC(C)c1ccccc1OC1CC(N)C1. The standard InChI is InChI=1S/C13H19NO/c1-9(2)12-5-3-4-6-13(12)15-11-7-10(14)8-11/h3-6,9-11H,7-8,14H2,1-2H3. The fraction of sp³-hybridized carbons (Fsp3) is 0.538. The summed E-state index contributed by atoms with van der Waals surface area (Å²) in [4.78, 5) is 0. The van der Waals surface area contributed by atoms with Gasteiger partial charge in [-0.15, -0.1) is 0 Å². The van der Waals surface area contributed by atoms with Gasteiger partial charge in [-0.1, -0.05) is 32.0 Å². The van der Waals surface area contributed by atoms with Crippen LogP contribution in [0.1, 0.15) is 38.2 Å². The Balaban J connectivity index is 2.07. The van der Waals surface area contributed by atoms with Crippen LogP contribution in [0.4, 0.5) is 0 Å². The van der Waals surface area contributed by atoms with E-state index in [0.29, 0.717) is 18.1 Å². The van der Waals surface area contributed by atoms with Gasteiger partial charge in [-0.2, -0.15) is 0 Å². The topological polar surface area (TPSA) is 35.2 Å². The van der Waals surface area contributed by atoms with Crippen molar-refractivity contribution in [1.29, 1.82) is 0 Å². The van der Waals surface area contributed by atoms with Gasteiger partial charge in [0.25, 0.3) is 0 Å². The van der Waals surface area contributed by atoms with Crippen LogP contribution < -0.4 is 10.5 Å². The van der Waals surface area contributed by atoms with Crippen LogP contribution in [0.15, 0.2) is 24.3 Å². The summed E-state index contributed by atoms with van der Waals surface area (Å²) in [7, 11) is 0. The third-order valence-electron chi connectivity index (χ3n) is 2.97. The lowest BCUT2D eigenvalue weighted by atomic mass is 9.90. The minimum atomic E-state index is 0.333. The third-order valence-corrected chi connectivity index (χ3v) is 2.97. The second kappa shape index (κ2) is 4.23. The average molecular weight is 205 g/mol. The summed E-state index contributed by atoms with van der Waals surface area (Å²) >= 11 is 0. The number of ether oxygens (including phenoxy) is 1. The first-order chi connectivity index (χ1) is 7.16. The van der Waals surface area contributed by atoms with E-state index in [1.807, 2.05) is 6.07 Å². The molecule has 0 spiro atoms. The highest BCUT2D eigenvalue weighted by atomic mass is 16.5. The van der Waals surface area contributed by atoms with Gasteiger partial charge in [-0.05, 0) is 30.4 Å². The molecule has 1 saturated carbocycles. The van der Waals surface area contributed by atoms with Gasteiger partial charge in [0.1, 0.15) is 11.9 Å². The molecule has 15 heavy (non-hydrogen) atoms. The summed E-state index contributed by atoms with van der Waals surface area (Å²) < 4.78 is 5.93. The minimum Gasteiger partial charge on any atom is -0.490 e. The van der Waals surface area contributed by atoms with E-state index in [1.165, 1.54) is 5.56 Å². The molecule has 1 aromatic rings. The average Bonchev–Trinajstić information content (AvgIpc) is 2.16. The number of benzene rings is 1.